The summed E-state index contributed by atoms with van der Waals surface area (Å²) >= 11 is 0. The zero-order valence-electron chi connectivity index (χ0n) is 26.9. The molecule has 0 bridgehead atoms. The summed E-state index contributed by atoms with van der Waals surface area (Å²) in [6.45, 7) is 13.7. The fourth-order valence-corrected chi connectivity index (χ4v) is 6.77. The van der Waals surface area contributed by atoms with E-state index in [1.165, 1.54) is 4.90 Å². The molecule has 1 unspecified atom stereocenters. The Labute approximate surface area is 260 Å². The Hall–Kier alpha value is -3.47. The number of aliphatic hydroxyl groups is 1. The summed E-state index contributed by atoms with van der Waals surface area (Å²) in [7, 11) is 0. The zero-order valence-corrected chi connectivity index (χ0v) is 26.9. The van der Waals surface area contributed by atoms with E-state index in [1.807, 2.05) is 52.8 Å². The molecule has 1 aromatic carbocycles. The van der Waals surface area contributed by atoms with Gasteiger partial charge >= 0.3 is 6.03 Å². The predicted octanol–water partition coefficient (Wildman–Crippen LogP) is 2.28. The van der Waals surface area contributed by atoms with Gasteiger partial charge in [-0.2, -0.15) is 0 Å². The van der Waals surface area contributed by atoms with E-state index in [0.717, 1.165) is 12.8 Å². The van der Waals surface area contributed by atoms with Crippen molar-refractivity contribution in [3.63, 3.8) is 0 Å². The van der Waals surface area contributed by atoms with E-state index in [9.17, 15) is 29.1 Å². The minimum absolute atomic E-state index is 0.0803. The molecule has 1 aliphatic heterocycles. The van der Waals surface area contributed by atoms with Crippen molar-refractivity contribution in [2.75, 3.05) is 6.54 Å². The minimum atomic E-state index is -1.10. The molecule has 242 valence electrons. The van der Waals surface area contributed by atoms with Crippen molar-refractivity contribution >= 4 is 29.5 Å². The molecule has 7 atom stereocenters. The highest BCUT2D eigenvalue weighted by molar-refractivity contribution is 6.37. The number of urea groups is 1. The number of carbonyl (C=O) groups excluding carboxylic acids is 5. The van der Waals surface area contributed by atoms with Gasteiger partial charge in [-0.15, -0.1) is 0 Å². The quantitative estimate of drug-likeness (QED) is 0.227. The molecule has 2 saturated carbocycles. The number of ketones is 1. The highest BCUT2D eigenvalue weighted by Crippen LogP contribution is 2.65. The standard InChI is InChI=1S/C33H49N5O6/c1-17(2)23(25(39)19-11-9-8-10-12-19)36-31(44)37-27(32(3,4)5)30(43)38-16-20-22(33(20,6)7)24(38)29(42)35-21(15-18-13-14-18)26(40)28(34)41/h8-12,17-18,20-25,27,39H,13-16H2,1-7H3,(H2,34,41)(H,35,42)(H2,36,37,44)/t20-,21?,22-,23-,24-,25+,27+/m0/s1. The molecule has 3 fully saturated rings. The van der Waals surface area contributed by atoms with E-state index in [0.29, 0.717) is 18.5 Å². The largest absolute Gasteiger partial charge is 0.386 e. The first-order valence-electron chi connectivity index (χ1n) is 15.7. The molecule has 2 aliphatic carbocycles. The second-order valence-electron chi connectivity index (χ2n) is 14.9. The van der Waals surface area contributed by atoms with Gasteiger partial charge in [-0.25, -0.2) is 4.79 Å². The summed E-state index contributed by atoms with van der Waals surface area (Å²) in [5.41, 5.74) is 5.05. The van der Waals surface area contributed by atoms with Crippen LogP contribution in [-0.4, -0.2) is 70.3 Å². The minimum Gasteiger partial charge on any atom is -0.386 e. The predicted molar refractivity (Wildman–Crippen MR) is 165 cm³/mol. The summed E-state index contributed by atoms with van der Waals surface area (Å²) in [6, 6.07) is 4.95. The third-order valence-electron chi connectivity index (χ3n) is 9.79. The Kier molecular flexibility index (Phi) is 9.49. The maximum atomic E-state index is 14.2. The second-order valence-corrected chi connectivity index (χ2v) is 14.9. The lowest BCUT2D eigenvalue weighted by Gasteiger charge is -2.38. The van der Waals surface area contributed by atoms with Crippen LogP contribution in [0.25, 0.3) is 0 Å². The summed E-state index contributed by atoms with van der Waals surface area (Å²) in [4.78, 5) is 67.3. The molecule has 0 radical (unpaired) electrons. The van der Waals surface area contributed by atoms with Gasteiger partial charge < -0.3 is 31.7 Å². The van der Waals surface area contributed by atoms with Crippen molar-refractivity contribution in [2.24, 2.45) is 40.2 Å². The lowest BCUT2D eigenvalue weighted by molar-refractivity contribution is -0.145. The number of rotatable bonds is 12. The first-order valence-corrected chi connectivity index (χ1v) is 15.7. The number of hydrogen-bond acceptors (Lipinski definition) is 6. The van der Waals surface area contributed by atoms with Gasteiger partial charge in [0.15, 0.2) is 0 Å². The number of fused-ring (bicyclic) bond motifs is 1. The fraction of sp³-hybridized carbons (Fsp3) is 0.667. The number of nitrogens with zero attached hydrogens (tertiary/aromatic N) is 1. The first-order chi connectivity index (χ1) is 20.4. The number of nitrogens with two attached hydrogens (primary N) is 1. The Bertz CT molecular complexity index is 1270. The van der Waals surface area contributed by atoms with Gasteiger partial charge in [0.25, 0.3) is 5.91 Å². The van der Waals surface area contributed by atoms with Crippen LogP contribution < -0.4 is 21.7 Å². The van der Waals surface area contributed by atoms with Crippen LogP contribution in [0.2, 0.25) is 0 Å². The van der Waals surface area contributed by atoms with E-state index in [-0.39, 0.29) is 29.1 Å². The summed E-state index contributed by atoms with van der Waals surface area (Å²) in [5.74, 6) is -2.74. The number of benzene rings is 1. The van der Waals surface area contributed by atoms with E-state index in [2.05, 4.69) is 29.8 Å². The molecule has 1 saturated heterocycles. The van der Waals surface area contributed by atoms with E-state index >= 15 is 0 Å². The SMILES string of the molecule is CC(C)[C@H](NC(=O)N[C@H](C(=O)N1C[C@H]2[C@@H]([C@H]1C(=O)NC(CC1CC1)C(=O)C(N)=O)C2(C)C)C(C)(C)C)[C@H](O)c1ccccc1. The number of nitrogens with one attached hydrogen (secondary N) is 3. The van der Waals surface area contributed by atoms with Gasteiger partial charge in [0.1, 0.15) is 12.1 Å². The summed E-state index contributed by atoms with van der Waals surface area (Å²) in [5, 5.41) is 19.5. The summed E-state index contributed by atoms with van der Waals surface area (Å²) < 4.78 is 0. The van der Waals surface area contributed by atoms with Crippen LogP contribution in [0.1, 0.15) is 79.4 Å². The van der Waals surface area contributed by atoms with Crippen LogP contribution in [-0.2, 0) is 19.2 Å². The van der Waals surface area contributed by atoms with Crippen molar-refractivity contribution in [3.05, 3.63) is 35.9 Å². The Morgan fingerprint density at radius 1 is 1.02 bits per heavy atom. The van der Waals surface area contributed by atoms with Gasteiger partial charge in [0.2, 0.25) is 17.6 Å². The van der Waals surface area contributed by atoms with Gasteiger partial charge in [0, 0.05) is 6.54 Å². The number of Topliss-reactive ketones (excluding diaryl/α,β-unsaturated/α-hetero) is 1. The molecular weight excluding hydrogens is 562 g/mol. The van der Waals surface area contributed by atoms with Crippen LogP contribution in [0.5, 0.6) is 0 Å². The highest BCUT2D eigenvalue weighted by atomic mass is 16.3. The van der Waals surface area contributed by atoms with Crippen LogP contribution >= 0.6 is 0 Å². The smallest absolute Gasteiger partial charge is 0.315 e. The van der Waals surface area contributed by atoms with Gasteiger partial charge in [0.05, 0.1) is 18.2 Å². The Morgan fingerprint density at radius 2 is 1.64 bits per heavy atom. The molecule has 0 aromatic heterocycles. The normalized spacial score (nSPS) is 24.8. The maximum absolute atomic E-state index is 14.2. The van der Waals surface area contributed by atoms with Crippen molar-refractivity contribution in [2.45, 2.75) is 98.0 Å². The van der Waals surface area contributed by atoms with Crippen molar-refractivity contribution in [1.82, 2.24) is 20.9 Å². The van der Waals surface area contributed by atoms with Gasteiger partial charge in [-0.3, -0.25) is 19.2 Å². The average molecular weight is 612 g/mol. The van der Waals surface area contributed by atoms with Crippen molar-refractivity contribution < 1.29 is 29.1 Å². The van der Waals surface area contributed by atoms with Crippen LogP contribution in [0.4, 0.5) is 4.79 Å². The molecule has 3 aliphatic rings. The Morgan fingerprint density at radius 3 is 2.16 bits per heavy atom. The van der Waals surface area contributed by atoms with Crippen LogP contribution in [0.3, 0.4) is 0 Å². The number of hydrogen-bond donors (Lipinski definition) is 5. The second kappa shape index (κ2) is 12.5. The number of aliphatic hydroxyl groups excluding tert-OH is 1. The number of amides is 5. The average Bonchev–Trinajstić information content (AvgIpc) is 3.80. The van der Waals surface area contributed by atoms with Gasteiger partial charge in [-0.05, 0) is 46.5 Å². The van der Waals surface area contributed by atoms with Crippen molar-refractivity contribution in [3.8, 4) is 0 Å². The Balaban J connectivity index is 1.52. The molecule has 4 rings (SSSR count). The number of primary amides is 1. The van der Waals surface area contributed by atoms with E-state index < -0.39 is 65.2 Å². The van der Waals surface area contributed by atoms with Gasteiger partial charge in [-0.1, -0.05) is 91.6 Å². The molecule has 11 nitrogen and oxygen atoms in total. The maximum Gasteiger partial charge on any atom is 0.315 e. The first kappa shape index (κ1) is 33.4. The van der Waals surface area contributed by atoms with E-state index in [4.69, 9.17) is 5.73 Å². The molecule has 0 spiro atoms. The van der Waals surface area contributed by atoms with Crippen LogP contribution in [0, 0.1) is 34.5 Å². The lowest BCUT2D eigenvalue weighted by Crippen LogP contribution is -2.62. The zero-order chi connectivity index (χ0) is 32.7. The molecule has 1 heterocycles. The molecular formula is C33H49N5O6. The molecule has 5 amide bonds. The monoisotopic (exact) mass is 611 g/mol. The van der Waals surface area contributed by atoms with Crippen LogP contribution in [0.15, 0.2) is 30.3 Å². The third-order valence-corrected chi connectivity index (χ3v) is 9.79. The molecule has 6 N–H and O–H groups in total. The molecule has 1 aromatic rings. The third kappa shape index (κ3) is 7.08. The fourth-order valence-electron chi connectivity index (χ4n) is 6.77. The number of carbonyl (C=O) groups is 5. The topological polar surface area (TPSA) is 171 Å². The summed E-state index contributed by atoms with van der Waals surface area (Å²) in [6.07, 6.45) is 1.22. The number of piperidine rings is 1. The van der Waals surface area contributed by atoms with E-state index in [1.54, 1.807) is 12.1 Å². The molecule has 44 heavy (non-hydrogen) atoms. The highest BCUT2D eigenvalue weighted by Gasteiger charge is 2.70. The number of likely N-dealkylation sites (tertiary alicyclic amines) is 1. The lowest BCUT2D eigenvalue weighted by atomic mass is 9.85. The van der Waals surface area contributed by atoms with Crippen molar-refractivity contribution in [1.29, 1.82) is 0 Å². The molecule has 11 heteroatoms.